The van der Waals surface area contributed by atoms with Crippen LogP contribution in [-0.4, -0.2) is 17.9 Å². The third kappa shape index (κ3) is 3.39. The molecule has 166 valence electrons. The van der Waals surface area contributed by atoms with Crippen LogP contribution in [0, 0.1) is 34.5 Å². The first-order valence-electron chi connectivity index (χ1n) is 12.8. The topological polar surface area (TPSA) is 43.4 Å². The molecule has 6 atom stereocenters. The van der Waals surface area contributed by atoms with Crippen LogP contribution in [-0.2, 0) is 14.3 Å². The summed E-state index contributed by atoms with van der Waals surface area (Å²) in [4.78, 5) is 24.7. The Kier molecular flexibility index (Phi) is 5.39. The molecule has 30 heavy (non-hydrogen) atoms. The molecule has 0 aromatic carbocycles. The van der Waals surface area contributed by atoms with E-state index in [4.69, 9.17) is 4.74 Å². The Morgan fingerprint density at radius 3 is 2.60 bits per heavy atom. The summed E-state index contributed by atoms with van der Waals surface area (Å²) in [5.41, 5.74) is 1.83. The van der Waals surface area contributed by atoms with Crippen LogP contribution < -0.4 is 0 Å². The third-order valence-corrected chi connectivity index (χ3v) is 10.4. The highest BCUT2D eigenvalue weighted by molar-refractivity contribution is 5.91. The average Bonchev–Trinajstić information content (AvgIpc) is 3.35. The van der Waals surface area contributed by atoms with Gasteiger partial charge in [0.2, 0.25) is 0 Å². The predicted octanol–water partition coefficient (Wildman–Crippen LogP) is 6.40. The molecule has 0 aromatic heterocycles. The Bertz CT molecular complexity index is 732. The number of carbonyl (C=O) groups is 2. The first-order chi connectivity index (χ1) is 14.4. The number of esters is 1. The minimum absolute atomic E-state index is 0.0579. The second-order valence-corrected chi connectivity index (χ2v) is 11.8. The zero-order valence-electron chi connectivity index (χ0n) is 19.1. The molecule has 3 heteroatoms. The molecule has 0 amide bonds. The Balaban J connectivity index is 1.25. The molecule has 0 radical (unpaired) electrons. The number of allylic oxidation sites excluding steroid dienone is 1. The van der Waals surface area contributed by atoms with Crippen LogP contribution in [0.15, 0.2) is 11.6 Å². The molecule has 0 aromatic rings. The quantitative estimate of drug-likeness (QED) is 0.502. The molecule has 0 saturated heterocycles. The van der Waals surface area contributed by atoms with Crippen molar-refractivity contribution in [3.8, 4) is 0 Å². The van der Waals surface area contributed by atoms with E-state index in [9.17, 15) is 9.59 Å². The minimum atomic E-state index is 0.0579. The van der Waals surface area contributed by atoms with Gasteiger partial charge in [0.25, 0.3) is 0 Å². The smallest absolute Gasteiger partial charge is 0.306 e. The molecule has 0 spiro atoms. The van der Waals surface area contributed by atoms with Crippen molar-refractivity contribution in [3.05, 3.63) is 11.6 Å². The summed E-state index contributed by atoms with van der Waals surface area (Å²) in [7, 11) is 0. The summed E-state index contributed by atoms with van der Waals surface area (Å²) in [6, 6.07) is 0. The highest BCUT2D eigenvalue weighted by Crippen LogP contribution is 2.65. The van der Waals surface area contributed by atoms with Crippen molar-refractivity contribution < 1.29 is 14.3 Å². The zero-order valence-corrected chi connectivity index (χ0v) is 19.1. The fraction of sp³-hybridized carbons (Fsp3) is 0.852. The van der Waals surface area contributed by atoms with Gasteiger partial charge >= 0.3 is 5.97 Å². The van der Waals surface area contributed by atoms with E-state index in [1.807, 2.05) is 6.08 Å². The standard InChI is InChI=1S/C27H40O3/c1-26-15-13-20(28)17-19(26)8-9-21-22-10-11-24(27(22,2)16-14-23(21)26)30-25(29)12-7-18-5-3-4-6-18/h17-18,21-24H,3-16H2,1-2H3/t21-,22-,23-,24-,26+,27+/m1/s1. The van der Waals surface area contributed by atoms with Crippen LogP contribution in [0.3, 0.4) is 0 Å². The number of rotatable bonds is 4. The number of fused-ring (bicyclic) bond motifs is 5. The van der Waals surface area contributed by atoms with Crippen molar-refractivity contribution in [2.45, 2.75) is 110 Å². The van der Waals surface area contributed by atoms with E-state index in [1.165, 1.54) is 56.9 Å². The lowest BCUT2D eigenvalue weighted by Gasteiger charge is -2.57. The lowest BCUT2D eigenvalue weighted by atomic mass is 9.47. The number of ketones is 1. The van der Waals surface area contributed by atoms with E-state index < -0.39 is 0 Å². The number of hydrogen-bond donors (Lipinski definition) is 0. The Morgan fingerprint density at radius 2 is 1.80 bits per heavy atom. The van der Waals surface area contributed by atoms with Gasteiger partial charge in [-0.15, -0.1) is 0 Å². The summed E-state index contributed by atoms with van der Waals surface area (Å²) in [5, 5.41) is 0. The van der Waals surface area contributed by atoms with Crippen molar-refractivity contribution in [1.29, 1.82) is 0 Å². The molecule has 4 saturated carbocycles. The van der Waals surface area contributed by atoms with Crippen LogP contribution in [0.1, 0.15) is 104 Å². The van der Waals surface area contributed by atoms with Crippen molar-refractivity contribution >= 4 is 11.8 Å². The molecule has 0 aliphatic heterocycles. The molecule has 0 N–H and O–H groups in total. The summed E-state index contributed by atoms with van der Waals surface area (Å²) in [6.07, 6.45) is 17.8. The van der Waals surface area contributed by atoms with Crippen molar-refractivity contribution in [2.24, 2.45) is 34.5 Å². The van der Waals surface area contributed by atoms with Crippen LogP contribution in [0.2, 0.25) is 0 Å². The van der Waals surface area contributed by atoms with E-state index in [0.29, 0.717) is 24.0 Å². The second-order valence-electron chi connectivity index (χ2n) is 11.8. The lowest BCUT2D eigenvalue weighted by molar-refractivity contribution is -0.160. The van der Waals surface area contributed by atoms with Crippen LogP contribution >= 0.6 is 0 Å². The van der Waals surface area contributed by atoms with Crippen LogP contribution in [0.25, 0.3) is 0 Å². The molecular formula is C27H40O3. The first-order valence-corrected chi connectivity index (χ1v) is 12.8. The van der Waals surface area contributed by atoms with Gasteiger partial charge in [-0.05, 0) is 86.5 Å². The molecular weight excluding hydrogens is 372 g/mol. The Hall–Kier alpha value is -1.12. The fourth-order valence-electron chi connectivity index (χ4n) is 8.54. The lowest BCUT2D eigenvalue weighted by Crippen LogP contribution is -2.51. The zero-order chi connectivity index (χ0) is 20.9. The summed E-state index contributed by atoms with van der Waals surface area (Å²) in [6.45, 7) is 4.87. The van der Waals surface area contributed by atoms with Crippen LogP contribution in [0.4, 0.5) is 0 Å². The van der Waals surface area contributed by atoms with Gasteiger partial charge in [0.05, 0.1) is 0 Å². The molecule has 3 nitrogen and oxygen atoms in total. The number of ether oxygens (including phenoxy) is 1. The Labute approximate surface area is 182 Å². The molecule has 0 unspecified atom stereocenters. The van der Waals surface area contributed by atoms with Gasteiger partial charge in [-0.1, -0.05) is 45.1 Å². The molecule has 0 heterocycles. The van der Waals surface area contributed by atoms with Gasteiger partial charge in [0.15, 0.2) is 5.78 Å². The van der Waals surface area contributed by atoms with Crippen molar-refractivity contribution in [3.63, 3.8) is 0 Å². The maximum atomic E-state index is 12.7. The number of hydrogen-bond acceptors (Lipinski definition) is 3. The molecule has 5 aliphatic rings. The fourth-order valence-corrected chi connectivity index (χ4v) is 8.54. The van der Waals surface area contributed by atoms with E-state index in [1.54, 1.807) is 0 Å². The van der Waals surface area contributed by atoms with E-state index in [-0.39, 0.29) is 22.9 Å². The average molecular weight is 413 g/mol. The highest BCUT2D eigenvalue weighted by atomic mass is 16.5. The van der Waals surface area contributed by atoms with Gasteiger partial charge in [-0.2, -0.15) is 0 Å². The summed E-state index contributed by atoms with van der Waals surface area (Å²) >= 11 is 0. The Morgan fingerprint density at radius 1 is 1.00 bits per heavy atom. The second kappa shape index (κ2) is 7.78. The minimum Gasteiger partial charge on any atom is -0.462 e. The van der Waals surface area contributed by atoms with Crippen LogP contribution in [0.5, 0.6) is 0 Å². The van der Waals surface area contributed by atoms with E-state index in [0.717, 1.165) is 43.9 Å². The SMILES string of the molecule is C[C@]12CC[C@@H]3[C@H](CCC4=CC(=O)CC[C@@]43C)[C@H]1CC[C@H]2OC(=O)CCC1CCCC1. The van der Waals surface area contributed by atoms with Gasteiger partial charge in [-0.25, -0.2) is 0 Å². The van der Waals surface area contributed by atoms with E-state index in [2.05, 4.69) is 13.8 Å². The third-order valence-electron chi connectivity index (χ3n) is 10.4. The molecule has 5 rings (SSSR count). The first kappa shape index (κ1) is 20.8. The molecule has 4 fully saturated rings. The maximum absolute atomic E-state index is 12.7. The normalized spacial score (nSPS) is 43.5. The molecule has 5 aliphatic carbocycles. The predicted molar refractivity (Wildman–Crippen MR) is 118 cm³/mol. The van der Waals surface area contributed by atoms with E-state index >= 15 is 0 Å². The number of carbonyl (C=O) groups excluding carboxylic acids is 2. The van der Waals surface area contributed by atoms with Crippen molar-refractivity contribution in [2.75, 3.05) is 0 Å². The molecule has 0 bridgehead atoms. The van der Waals surface area contributed by atoms with Crippen molar-refractivity contribution in [1.82, 2.24) is 0 Å². The largest absolute Gasteiger partial charge is 0.462 e. The van der Waals surface area contributed by atoms with Gasteiger partial charge in [0, 0.05) is 18.3 Å². The monoisotopic (exact) mass is 412 g/mol. The highest BCUT2D eigenvalue weighted by Gasteiger charge is 2.59. The van der Waals surface area contributed by atoms with Gasteiger partial charge in [0.1, 0.15) is 6.10 Å². The summed E-state index contributed by atoms with van der Waals surface area (Å²) in [5.74, 6) is 3.28. The van der Waals surface area contributed by atoms with Gasteiger partial charge in [-0.3, -0.25) is 9.59 Å². The van der Waals surface area contributed by atoms with Gasteiger partial charge < -0.3 is 4.74 Å². The summed E-state index contributed by atoms with van der Waals surface area (Å²) < 4.78 is 6.17. The maximum Gasteiger partial charge on any atom is 0.306 e.